The normalized spacial score (nSPS) is 11.7. The van der Waals surface area contributed by atoms with E-state index in [1.165, 1.54) is 99.1 Å². The molecule has 0 fully saturated rings. The van der Waals surface area contributed by atoms with Gasteiger partial charge in [-0.15, -0.1) is 0 Å². The van der Waals surface area contributed by atoms with Crippen LogP contribution in [0.2, 0.25) is 0 Å². The van der Waals surface area contributed by atoms with E-state index < -0.39 is 0 Å². The number of aryl methyl sites for hydroxylation is 3. The molecule has 0 unspecified atom stereocenters. The summed E-state index contributed by atoms with van der Waals surface area (Å²) in [5, 5.41) is 7.27. The van der Waals surface area contributed by atoms with Gasteiger partial charge in [0.25, 0.3) is 0 Å². The Morgan fingerprint density at radius 3 is 1.17 bits per heavy atom. The monoisotopic (exact) mass is 1150 g/mol. The van der Waals surface area contributed by atoms with E-state index in [4.69, 9.17) is 15.0 Å². The van der Waals surface area contributed by atoms with Gasteiger partial charge in [0.15, 0.2) is 17.5 Å². The van der Waals surface area contributed by atoms with Gasteiger partial charge in [0.05, 0.1) is 33.1 Å². The van der Waals surface area contributed by atoms with Crippen molar-refractivity contribution in [3.05, 3.63) is 326 Å². The number of hydrogen-bond donors (Lipinski definition) is 0. The van der Waals surface area contributed by atoms with Crippen molar-refractivity contribution in [1.29, 1.82) is 0 Å². The second-order valence-corrected chi connectivity index (χ2v) is 23.5. The highest BCUT2D eigenvalue weighted by Gasteiger charge is 2.22. The Balaban J connectivity index is 0.711. The first kappa shape index (κ1) is 52.6. The van der Waals surface area contributed by atoms with Crippen molar-refractivity contribution in [2.75, 3.05) is 0 Å². The van der Waals surface area contributed by atoms with Crippen LogP contribution in [0.1, 0.15) is 16.7 Å². The number of aromatic nitrogens is 6. The average Bonchev–Trinajstić information content (AvgIpc) is 2.58. The van der Waals surface area contributed by atoms with Crippen LogP contribution in [-0.4, -0.2) is 28.7 Å². The van der Waals surface area contributed by atoms with Crippen molar-refractivity contribution in [2.24, 2.45) is 0 Å². The fraction of sp³-hybridized carbons (Fsp3) is 0.0357. The van der Waals surface area contributed by atoms with E-state index in [0.29, 0.717) is 17.5 Å². The van der Waals surface area contributed by atoms with Crippen LogP contribution < -0.4 is 0 Å². The summed E-state index contributed by atoms with van der Waals surface area (Å²) in [6.45, 7) is 2.24. The van der Waals surface area contributed by atoms with Gasteiger partial charge in [-0.3, -0.25) is 0 Å². The Labute approximate surface area is 521 Å². The fourth-order valence-electron chi connectivity index (χ4n) is 13.8. The molecule has 17 aromatic rings. The molecule has 17 rings (SSSR count). The zero-order valence-corrected chi connectivity index (χ0v) is 49.5. The molecular weight excluding hydrogens is 1090 g/mol. The van der Waals surface area contributed by atoms with Gasteiger partial charge in [0.2, 0.25) is 0 Å². The molecule has 0 radical (unpaired) electrons. The van der Waals surface area contributed by atoms with Crippen molar-refractivity contribution in [3.63, 3.8) is 0 Å². The van der Waals surface area contributed by atoms with Gasteiger partial charge in [-0.05, 0) is 155 Å². The lowest BCUT2D eigenvalue weighted by Crippen LogP contribution is -2.03. The Morgan fingerprint density at radius 1 is 0.244 bits per heavy atom. The molecule has 0 amide bonds. The molecule has 0 aliphatic rings. The summed E-state index contributed by atoms with van der Waals surface area (Å²) in [4.78, 5) is 15.6. The van der Waals surface area contributed by atoms with Gasteiger partial charge in [0, 0.05) is 66.1 Å². The lowest BCUT2D eigenvalue weighted by atomic mass is 9.90. The molecule has 0 aliphatic carbocycles. The predicted octanol–water partition coefficient (Wildman–Crippen LogP) is 21.3. The average molecular weight is 1150 g/mol. The maximum atomic E-state index is 5.28. The van der Waals surface area contributed by atoms with E-state index >= 15 is 0 Å². The zero-order valence-electron chi connectivity index (χ0n) is 49.5. The maximum absolute atomic E-state index is 5.28. The third-order valence-corrected chi connectivity index (χ3v) is 18.2. The molecule has 6 nitrogen and oxygen atoms in total. The molecule has 0 atom stereocenters. The molecule has 0 aliphatic heterocycles. The standard InChI is InChI=1S/C84H58N6/c1-55-37-41-62(63-46-48-80-75(53-63)71-31-15-19-35-78(71)88(80)65-26-9-4-10-27-65)51-73(55)68-28-12-11-21-58(68)44-40-56-38-42-57(43-39-56)61-45-47-81-74(52-61)72-32-16-20-36-79(72)90(81)67-50-64(49-66(54-67)89-76-33-17-13-29-69(76)70-30-14-18-34-77(70)89)84-86-82(59-22-5-2-6-23-59)85-83(87-84)60-24-7-3-8-25-60/h2-39,41-43,45-54H,40,44H2,1H3. The highest BCUT2D eigenvalue weighted by Crippen LogP contribution is 2.41. The summed E-state index contributed by atoms with van der Waals surface area (Å²) in [6.07, 6.45) is 1.84. The van der Waals surface area contributed by atoms with E-state index in [2.05, 4.69) is 294 Å². The molecule has 0 saturated heterocycles. The van der Waals surface area contributed by atoms with Crippen LogP contribution in [0.3, 0.4) is 0 Å². The third-order valence-electron chi connectivity index (χ3n) is 18.2. The molecule has 0 spiro atoms. The molecule has 13 aromatic carbocycles. The smallest absolute Gasteiger partial charge is 0.164 e. The Kier molecular flexibility index (Phi) is 12.8. The second-order valence-electron chi connectivity index (χ2n) is 23.5. The van der Waals surface area contributed by atoms with E-state index in [1.54, 1.807) is 0 Å². The van der Waals surface area contributed by atoms with Crippen LogP contribution in [0, 0.1) is 6.92 Å². The minimum Gasteiger partial charge on any atom is -0.309 e. The Bertz CT molecular complexity index is 5490. The van der Waals surface area contributed by atoms with Crippen molar-refractivity contribution in [2.45, 2.75) is 19.8 Å². The summed E-state index contributed by atoms with van der Waals surface area (Å²) in [5.74, 6) is 1.83. The molecule has 90 heavy (non-hydrogen) atoms. The Morgan fingerprint density at radius 2 is 0.633 bits per heavy atom. The van der Waals surface area contributed by atoms with Gasteiger partial charge >= 0.3 is 0 Å². The van der Waals surface area contributed by atoms with Gasteiger partial charge in [-0.1, -0.05) is 224 Å². The predicted molar refractivity (Wildman–Crippen MR) is 374 cm³/mol. The first-order chi connectivity index (χ1) is 44.5. The van der Waals surface area contributed by atoms with Crippen LogP contribution in [0.15, 0.2) is 309 Å². The van der Waals surface area contributed by atoms with Crippen LogP contribution in [0.5, 0.6) is 0 Å². The molecule has 4 heterocycles. The molecule has 424 valence electrons. The second kappa shape index (κ2) is 21.9. The van der Waals surface area contributed by atoms with Crippen LogP contribution in [0.4, 0.5) is 0 Å². The Hall–Kier alpha value is -11.7. The SMILES string of the molecule is Cc1ccc(-c2ccc3c(c2)c2ccccc2n3-c2ccccc2)cc1-c1ccccc1CCc1ccc(-c2ccc3c(c2)c2ccccc2n3-c2cc(-c3nc(-c4ccccc4)nc(-c4ccccc4)n3)cc(-n3c4ccccc4c4ccccc43)c2)cc1. The molecule has 4 aromatic heterocycles. The lowest BCUT2D eigenvalue weighted by Gasteiger charge is -2.16. The van der Waals surface area contributed by atoms with E-state index in [0.717, 1.165) is 63.0 Å². The molecule has 0 bridgehead atoms. The first-order valence-electron chi connectivity index (χ1n) is 30.9. The van der Waals surface area contributed by atoms with Crippen molar-refractivity contribution >= 4 is 65.4 Å². The number of fused-ring (bicyclic) bond motifs is 9. The number of hydrogen-bond acceptors (Lipinski definition) is 3. The van der Waals surface area contributed by atoms with Gasteiger partial charge in [0.1, 0.15) is 0 Å². The van der Waals surface area contributed by atoms with Crippen LogP contribution in [-0.2, 0) is 12.8 Å². The van der Waals surface area contributed by atoms with Crippen molar-refractivity contribution < 1.29 is 0 Å². The summed E-state index contributed by atoms with van der Waals surface area (Å²) in [6, 6.07) is 112. The summed E-state index contributed by atoms with van der Waals surface area (Å²) < 4.78 is 7.18. The summed E-state index contributed by atoms with van der Waals surface area (Å²) in [5.41, 5.74) is 24.1. The van der Waals surface area contributed by atoms with Crippen molar-refractivity contribution in [1.82, 2.24) is 28.7 Å². The quantitative estimate of drug-likeness (QED) is 0.122. The van der Waals surface area contributed by atoms with Gasteiger partial charge in [-0.2, -0.15) is 0 Å². The van der Waals surface area contributed by atoms with E-state index in [1.807, 2.05) is 36.4 Å². The van der Waals surface area contributed by atoms with E-state index in [-0.39, 0.29) is 0 Å². The van der Waals surface area contributed by atoms with Crippen LogP contribution in [0.25, 0.3) is 150 Å². The summed E-state index contributed by atoms with van der Waals surface area (Å²) in [7, 11) is 0. The minimum absolute atomic E-state index is 0.595. The minimum atomic E-state index is 0.595. The zero-order chi connectivity index (χ0) is 59.7. The van der Waals surface area contributed by atoms with Crippen LogP contribution >= 0.6 is 0 Å². The molecular formula is C84H58N6. The number of benzene rings is 13. The molecule has 6 heteroatoms. The van der Waals surface area contributed by atoms with Gasteiger partial charge in [-0.25, -0.2) is 15.0 Å². The van der Waals surface area contributed by atoms with E-state index in [9.17, 15) is 0 Å². The largest absolute Gasteiger partial charge is 0.309 e. The molecule has 0 saturated carbocycles. The topological polar surface area (TPSA) is 53.5 Å². The maximum Gasteiger partial charge on any atom is 0.164 e. The summed E-state index contributed by atoms with van der Waals surface area (Å²) >= 11 is 0. The molecule has 0 N–H and O–H groups in total. The van der Waals surface area contributed by atoms with Crippen molar-refractivity contribution in [3.8, 4) is 84.6 Å². The lowest BCUT2D eigenvalue weighted by molar-refractivity contribution is 0.962. The third kappa shape index (κ3) is 9.15. The number of nitrogens with zero attached hydrogens (tertiary/aromatic N) is 6. The number of rotatable bonds is 12. The number of para-hydroxylation sites is 5. The highest BCUT2D eigenvalue weighted by atomic mass is 15.0. The fourth-order valence-corrected chi connectivity index (χ4v) is 13.8. The van der Waals surface area contributed by atoms with Gasteiger partial charge < -0.3 is 13.7 Å². The highest BCUT2D eigenvalue weighted by molar-refractivity contribution is 6.13. The first-order valence-corrected chi connectivity index (χ1v) is 30.9.